The van der Waals surface area contributed by atoms with Crippen molar-refractivity contribution < 1.29 is 9.52 Å². The molecule has 0 amide bonds. The Balaban J connectivity index is 2.22. The molecule has 0 radical (unpaired) electrons. The van der Waals surface area contributed by atoms with Crippen LogP contribution in [-0.4, -0.2) is 9.67 Å². The number of nitrogens with zero attached hydrogens (tertiary/aromatic N) is 1. The molecule has 0 fully saturated rings. The Morgan fingerprint density at radius 3 is 2.56 bits per heavy atom. The average Bonchev–Trinajstić information content (AvgIpc) is 2.63. The predicted molar refractivity (Wildman–Crippen MR) is 95.8 cm³/mol. The summed E-state index contributed by atoms with van der Waals surface area (Å²) in [4.78, 5) is 25.4. The van der Waals surface area contributed by atoms with Crippen molar-refractivity contribution >= 4 is 11.0 Å². The molecule has 0 saturated heterocycles. The molecule has 5 nitrogen and oxygen atoms in total. The van der Waals surface area contributed by atoms with Crippen LogP contribution in [0.25, 0.3) is 16.7 Å². The van der Waals surface area contributed by atoms with Gasteiger partial charge in [0.2, 0.25) is 0 Å². The van der Waals surface area contributed by atoms with Crippen molar-refractivity contribution in [2.24, 2.45) is 0 Å². The van der Waals surface area contributed by atoms with Gasteiger partial charge < -0.3 is 9.52 Å². The lowest BCUT2D eigenvalue weighted by Gasteiger charge is -2.22. The van der Waals surface area contributed by atoms with Gasteiger partial charge in [0.1, 0.15) is 11.1 Å². The number of hydrogen-bond donors (Lipinski definition) is 1. The van der Waals surface area contributed by atoms with E-state index in [9.17, 15) is 14.7 Å². The van der Waals surface area contributed by atoms with Crippen molar-refractivity contribution in [3.63, 3.8) is 0 Å². The van der Waals surface area contributed by atoms with Gasteiger partial charge in [0.25, 0.3) is 5.56 Å². The fraction of sp³-hybridized carbons (Fsp3) is 0.300. The van der Waals surface area contributed by atoms with Crippen molar-refractivity contribution in [3.8, 4) is 11.4 Å². The zero-order valence-corrected chi connectivity index (χ0v) is 14.0. The standard InChI is InChI=1S/C20H19NO4/c1-2-13-17(22)16-18(25-20(13)24)14-10-6-7-11-15(14)21(19(16)23)12-8-4-3-5-9-12/h3-5,8-9,22H,2,6-7,10-11H2,1H3. The van der Waals surface area contributed by atoms with Crippen molar-refractivity contribution in [2.75, 3.05) is 0 Å². The molecule has 0 saturated carbocycles. The summed E-state index contributed by atoms with van der Waals surface area (Å²) in [5.74, 6) is -0.239. The van der Waals surface area contributed by atoms with Gasteiger partial charge in [-0.05, 0) is 44.2 Å². The Labute approximate surface area is 144 Å². The van der Waals surface area contributed by atoms with Crippen molar-refractivity contribution in [1.82, 2.24) is 4.57 Å². The van der Waals surface area contributed by atoms with Crippen LogP contribution in [-0.2, 0) is 19.3 Å². The smallest absolute Gasteiger partial charge is 0.343 e. The molecule has 0 atom stereocenters. The second-order valence-electron chi connectivity index (χ2n) is 6.38. The number of hydrogen-bond acceptors (Lipinski definition) is 4. The Hall–Kier alpha value is -2.82. The number of aryl methyl sites for hydroxylation is 1. The van der Waals surface area contributed by atoms with Crippen molar-refractivity contribution in [3.05, 3.63) is 67.9 Å². The van der Waals surface area contributed by atoms with E-state index in [0.717, 1.165) is 42.6 Å². The molecule has 0 bridgehead atoms. The van der Waals surface area contributed by atoms with Gasteiger partial charge in [0.15, 0.2) is 5.58 Å². The van der Waals surface area contributed by atoms with Crippen molar-refractivity contribution in [1.29, 1.82) is 0 Å². The van der Waals surface area contributed by atoms with E-state index in [-0.39, 0.29) is 27.8 Å². The second-order valence-corrected chi connectivity index (χ2v) is 6.38. The second kappa shape index (κ2) is 5.92. The maximum atomic E-state index is 13.2. The molecule has 1 N–H and O–H groups in total. The third-order valence-corrected chi connectivity index (χ3v) is 4.96. The fourth-order valence-electron chi connectivity index (χ4n) is 3.75. The van der Waals surface area contributed by atoms with E-state index in [1.54, 1.807) is 11.5 Å². The highest BCUT2D eigenvalue weighted by Gasteiger charge is 2.26. The molecule has 4 rings (SSSR count). The summed E-state index contributed by atoms with van der Waals surface area (Å²) in [5, 5.41) is 10.7. The van der Waals surface area contributed by atoms with Gasteiger partial charge in [-0.1, -0.05) is 25.1 Å². The molecule has 2 aromatic heterocycles. The van der Waals surface area contributed by atoms with E-state index in [1.165, 1.54) is 0 Å². The van der Waals surface area contributed by atoms with E-state index < -0.39 is 5.63 Å². The van der Waals surface area contributed by atoms with Gasteiger partial charge in [-0.25, -0.2) is 4.79 Å². The minimum absolute atomic E-state index is 0.112. The number of benzene rings is 1. The summed E-state index contributed by atoms with van der Waals surface area (Å²) in [7, 11) is 0. The molecule has 3 aromatic rings. The van der Waals surface area contributed by atoms with Crippen LogP contribution < -0.4 is 11.2 Å². The first-order valence-corrected chi connectivity index (χ1v) is 8.64. The van der Waals surface area contributed by atoms with E-state index in [1.807, 2.05) is 30.3 Å². The molecule has 5 heteroatoms. The van der Waals surface area contributed by atoms with E-state index in [0.29, 0.717) is 6.42 Å². The molecule has 1 aliphatic carbocycles. The number of para-hydroxylation sites is 1. The summed E-state index contributed by atoms with van der Waals surface area (Å²) in [6, 6.07) is 9.40. The lowest BCUT2D eigenvalue weighted by atomic mass is 9.93. The van der Waals surface area contributed by atoms with Crippen LogP contribution in [0.4, 0.5) is 0 Å². The third kappa shape index (κ3) is 2.30. The third-order valence-electron chi connectivity index (χ3n) is 4.96. The lowest BCUT2D eigenvalue weighted by molar-refractivity contribution is 0.454. The SMILES string of the molecule is CCc1c(O)c2c(=O)n(-c3ccccc3)c3c(c2oc1=O)CCCC3. The van der Waals surface area contributed by atoms with Gasteiger partial charge in [-0.2, -0.15) is 0 Å². The highest BCUT2D eigenvalue weighted by molar-refractivity contribution is 5.87. The van der Waals surface area contributed by atoms with E-state index >= 15 is 0 Å². The fourth-order valence-corrected chi connectivity index (χ4v) is 3.75. The topological polar surface area (TPSA) is 72.4 Å². The van der Waals surface area contributed by atoms with Crippen molar-refractivity contribution in [2.45, 2.75) is 39.0 Å². The Kier molecular flexibility index (Phi) is 3.71. The van der Waals surface area contributed by atoms with Gasteiger partial charge in [0.05, 0.1) is 5.56 Å². The monoisotopic (exact) mass is 337 g/mol. The summed E-state index contributed by atoms with van der Waals surface area (Å²) < 4.78 is 7.17. The summed E-state index contributed by atoms with van der Waals surface area (Å²) >= 11 is 0. The first-order valence-electron chi connectivity index (χ1n) is 8.64. The number of aromatic nitrogens is 1. The molecule has 25 heavy (non-hydrogen) atoms. The van der Waals surface area contributed by atoms with Crippen LogP contribution in [0.15, 0.2) is 44.3 Å². The molecule has 2 heterocycles. The minimum atomic E-state index is -0.558. The average molecular weight is 337 g/mol. The highest BCUT2D eigenvalue weighted by atomic mass is 16.4. The van der Waals surface area contributed by atoms with Gasteiger partial charge in [-0.15, -0.1) is 0 Å². The quantitative estimate of drug-likeness (QED) is 0.780. The maximum Gasteiger partial charge on any atom is 0.343 e. The lowest BCUT2D eigenvalue weighted by Crippen LogP contribution is -2.27. The van der Waals surface area contributed by atoms with Crippen LogP contribution in [0.1, 0.15) is 36.6 Å². The van der Waals surface area contributed by atoms with E-state index in [2.05, 4.69) is 0 Å². The number of fused-ring (bicyclic) bond motifs is 3. The predicted octanol–water partition coefficient (Wildman–Crippen LogP) is 3.09. The Morgan fingerprint density at radius 1 is 1.12 bits per heavy atom. The number of aromatic hydroxyl groups is 1. The van der Waals surface area contributed by atoms with Crippen LogP contribution >= 0.6 is 0 Å². The van der Waals surface area contributed by atoms with Gasteiger partial charge in [0, 0.05) is 16.9 Å². The summed E-state index contributed by atoms with van der Waals surface area (Å²) in [6.07, 6.45) is 3.73. The number of pyridine rings is 1. The molecule has 128 valence electrons. The molecule has 0 unspecified atom stereocenters. The molecule has 0 aliphatic heterocycles. The van der Waals surface area contributed by atoms with Crippen LogP contribution in [0.3, 0.4) is 0 Å². The van der Waals surface area contributed by atoms with Crippen LogP contribution in [0.2, 0.25) is 0 Å². The van der Waals surface area contributed by atoms with Gasteiger partial charge >= 0.3 is 5.63 Å². The Morgan fingerprint density at radius 2 is 1.84 bits per heavy atom. The first kappa shape index (κ1) is 15.7. The maximum absolute atomic E-state index is 13.2. The minimum Gasteiger partial charge on any atom is -0.506 e. The largest absolute Gasteiger partial charge is 0.506 e. The zero-order valence-electron chi connectivity index (χ0n) is 14.0. The van der Waals surface area contributed by atoms with Crippen LogP contribution in [0.5, 0.6) is 5.75 Å². The highest BCUT2D eigenvalue weighted by Crippen LogP contribution is 2.32. The molecular formula is C20H19NO4. The molecule has 1 aliphatic rings. The van der Waals surface area contributed by atoms with Gasteiger partial charge in [-0.3, -0.25) is 9.36 Å². The summed E-state index contributed by atoms with van der Waals surface area (Å²) in [6.45, 7) is 1.76. The molecule has 0 spiro atoms. The summed E-state index contributed by atoms with van der Waals surface area (Å²) in [5.41, 5.74) is 2.01. The number of rotatable bonds is 2. The zero-order chi connectivity index (χ0) is 17.6. The molecular weight excluding hydrogens is 318 g/mol. The first-order chi connectivity index (χ1) is 12.1. The van der Waals surface area contributed by atoms with E-state index in [4.69, 9.17) is 4.42 Å². The normalized spacial score (nSPS) is 13.8. The Bertz CT molecular complexity index is 1080. The van der Waals surface area contributed by atoms with Crippen LogP contribution in [0, 0.1) is 0 Å². The molecule has 1 aromatic carbocycles.